The second-order valence-electron chi connectivity index (χ2n) is 5.80. The van der Waals surface area contributed by atoms with Crippen LogP contribution < -0.4 is 5.32 Å². The molecule has 1 saturated carbocycles. The van der Waals surface area contributed by atoms with Gasteiger partial charge in [0.25, 0.3) is 0 Å². The summed E-state index contributed by atoms with van der Waals surface area (Å²) in [5, 5.41) is 3.49. The van der Waals surface area contributed by atoms with Crippen molar-refractivity contribution in [2.24, 2.45) is 11.8 Å². The summed E-state index contributed by atoms with van der Waals surface area (Å²) in [7, 11) is 2.09. The Labute approximate surface area is 108 Å². The third-order valence-corrected chi connectivity index (χ3v) is 4.10. The van der Waals surface area contributed by atoms with Crippen molar-refractivity contribution in [3.05, 3.63) is 0 Å². The number of nitrogens with one attached hydrogen (secondary N) is 1. The fraction of sp³-hybridized carbons (Fsp3) is 1.00. The first kappa shape index (κ1) is 15.0. The van der Waals surface area contributed by atoms with Crippen LogP contribution >= 0.6 is 0 Å². The van der Waals surface area contributed by atoms with Crippen molar-refractivity contribution >= 4 is 0 Å². The molecule has 0 aromatic carbocycles. The minimum Gasteiger partial charge on any atom is -0.377 e. The normalized spacial score (nSPS) is 21.7. The topological polar surface area (TPSA) is 21.3 Å². The van der Waals surface area contributed by atoms with E-state index in [4.69, 9.17) is 4.74 Å². The van der Waals surface area contributed by atoms with Crippen LogP contribution in [0.1, 0.15) is 59.3 Å². The number of hydrogen-bond acceptors (Lipinski definition) is 2. The van der Waals surface area contributed by atoms with E-state index in [-0.39, 0.29) is 0 Å². The van der Waals surface area contributed by atoms with Crippen molar-refractivity contribution in [3.8, 4) is 0 Å². The highest BCUT2D eigenvalue weighted by molar-refractivity contribution is 4.82. The molecule has 1 N–H and O–H groups in total. The zero-order valence-electron chi connectivity index (χ0n) is 12.2. The van der Waals surface area contributed by atoms with Crippen LogP contribution in [-0.2, 0) is 4.74 Å². The van der Waals surface area contributed by atoms with Gasteiger partial charge in [-0.15, -0.1) is 0 Å². The van der Waals surface area contributed by atoms with Crippen molar-refractivity contribution in [2.45, 2.75) is 71.4 Å². The monoisotopic (exact) mass is 241 g/mol. The largest absolute Gasteiger partial charge is 0.377 e. The van der Waals surface area contributed by atoms with Gasteiger partial charge in [-0.3, -0.25) is 0 Å². The van der Waals surface area contributed by atoms with Crippen LogP contribution in [0.25, 0.3) is 0 Å². The SMILES string of the molecule is CCOC(C(C)C)C(CC1CCCCC1)NC. The lowest BCUT2D eigenvalue weighted by Gasteiger charge is -2.33. The minimum atomic E-state index is 0.368. The summed E-state index contributed by atoms with van der Waals surface area (Å²) in [5.41, 5.74) is 0. The first-order valence-corrected chi connectivity index (χ1v) is 7.47. The summed E-state index contributed by atoms with van der Waals surface area (Å²) in [4.78, 5) is 0. The zero-order valence-corrected chi connectivity index (χ0v) is 12.2. The summed E-state index contributed by atoms with van der Waals surface area (Å²) in [6.45, 7) is 7.46. The van der Waals surface area contributed by atoms with E-state index in [1.54, 1.807) is 0 Å². The first-order valence-electron chi connectivity index (χ1n) is 7.47. The Hall–Kier alpha value is -0.0800. The van der Waals surface area contributed by atoms with Crippen molar-refractivity contribution < 1.29 is 4.74 Å². The highest BCUT2D eigenvalue weighted by Gasteiger charge is 2.27. The second-order valence-corrected chi connectivity index (χ2v) is 5.80. The summed E-state index contributed by atoms with van der Waals surface area (Å²) in [6.07, 6.45) is 8.82. The lowest BCUT2D eigenvalue weighted by molar-refractivity contribution is -0.00187. The fourth-order valence-electron chi connectivity index (χ4n) is 3.16. The molecular formula is C15H31NO. The number of ether oxygens (including phenoxy) is 1. The summed E-state index contributed by atoms with van der Waals surface area (Å²) >= 11 is 0. The lowest BCUT2D eigenvalue weighted by Crippen LogP contribution is -2.44. The molecule has 2 atom stereocenters. The van der Waals surface area contributed by atoms with E-state index in [1.165, 1.54) is 38.5 Å². The summed E-state index contributed by atoms with van der Waals surface area (Å²) in [6, 6.07) is 0.526. The van der Waals surface area contributed by atoms with Crippen LogP contribution in [0.4, 0.5) is 0 Å². The molecule has 0 bridgehead atoms. The van der Waals surface area contributed by atoms with E-state index in [0.29, 0.717) is 18.1 Å². The highest BCUT2D eigenvalue weighted by atomic mass is 16.5. The molecule has 2 unspecified atom stereocenters. The van der Waals surface area contributed by atoms with Gasteiger partial charge in [0.1, 0.15) is 0 Å². The third-order valence-electron chi connectivity index (χ3n) is 4.10. The molecule has 0 aromatic rings. The minimum absolute atomic E-state index is 0.368. The molecule has 0 amide bonds. The summed E-state index contributed by atoms with van der Waals surface area (Å²) in [5.74, 6) is 1.51. The second kappa shape index (κ2) is 8.10. The molecule has 0 aromatic heterocycles. The highest BCUT2D eigenvalue weighted by Crippen LogP contribution is 2.29. The van der Waals surface area contributed by atoms with Gasteiger partial charge < -0.3 is 10.1 Å². The van der Waals surface area contributed by atoms with E-state index in [9.17, 15) is 0 Å². The van der Waals surface area contributed by atoms with Crippen LogP contribution in [0.5, 0.6) is 0 Å². The average Bonchev–Trinajstić information content (AvgIpc) is 2.34. The molecule has 0 aliphatic heterocycles. The molecule has 102 valence electrons. The molecule has 0 saturated heterocycles. The molecule has 2 heteroatoms. The van der Waals surface area contributed by atoms with Gasteiger partial charge in [-0.2, -0.15) is 0 Å². The third kappa shape index (κ3) is 4.97. The van der Waals surface area contributed by atoms with Crippen LogP contribution in [-0.4, -0.2) is 25.8 Å². The molecule has 1 aliphatic carbocycles. The molecule has 1 fully saturated rings. The standard InChI is InChI=1S/C15H31NO/c1-5-17-15(12(2)3)14(16-4)11-13-9-7-6-8-10-13/h12-16H,5-11H2,1-4H3. The maximum Gasteiger partial charge on any atom is 0.0750 e. The van der Waals surface area contributed by atoms with Crippen molar-refractivity contribution in [1.82, 2.24) is 5.32 Å². The Morgan fingerprint density at radius 2 is 1.82 bits per heavy atom. The Morgan fingerprint density at radius 1 is 1.18 bits per heavy atom. The molecular weight excluding hydrogens is 210 g/mol. The van der Waals surface area contributed by atoms with E-state index >= 15 is 0 Å². The molecule has 0 radical (unpaired) electrons. The van der Waals surface area contributed by atoms with E-state index in [1.807, 2.05) is 0 Å². The summed E-state index contributed by atoms with van der Waals surface area (Å²) < 4.78 is 5.94. The van der Waals surface area contributed by atoms with Crippen LogP contribution in [0, 0.1) is 11.8 Å². The van der Waals surface area contributed by atoms with Gasteiger partial charge in [-0.25, -0.2) is 0 Å². The predicted octanol–water partition coefficient (Wildman–Crippen LogP) is 3.61. The van der Waals surface area contributed by atoms with Gasteiger partial charge in [0.05, 0.1) is 6.10 Å². The molecule has 0 heterocycles. The maximum atomic E-state index is 5.94. The number of rotatable bonds is 7. The molecule has 2 nitrogen and oxygen atoms in total. The quantitative estimate of drug-likeness (QED) is 0.735. The van der Waals surface area contributed by atoms with Crippen LogP contribution in [0.2, 0.25) is 0 Å². The smallest absolute Gasteiger partial charge is 0.0750 e. The lowest BCUT2D eigenvalue weighted by atomic mass is 9.82. The van der Waals surface area contributed by atoms with Crippen molar-refractivity contribution in [2.75, 3.05) is 13.7 Å². The first-order chi connectivity index (χ1) is 8.19. The number of hydrogen-bond donors (Lipinski definition) is 1. The molecule has 1 aliphatic rings. The van der Waals surface area contributed by atoms with Crippen LogP contribution in [0.15, 0.2) is 0 Å². The van der Waals surface area contributed by atoms with Gasteiger partial charge in [0, 0.05) is 12.6 Å². The predicted molar refractivity (Wildman–Crippen MR) is 74.3 cm³/mol. The molecule has 17 heavy (non-hydrogen) atoms. The Balaban J connectivity index is 2.48. The maximum absolute atomic E-state index is 5.94. The van der Waals surface area contributed by atoms with E-state index < -0.39 is 0 Å². The van der Waals surface area contributed by atoms with E-state index in [2.05, 4.69) is 33.1 Å². The fourth-order valence-corrected chi connectivity index (χ4v) is 3.16. The van der Waals surface area contributed by atoms with Gasteiger partial charge in [-0.05, 0) is 32.2 Å². The molecule has 1 rings (SSSR count). The van der Waals surface area contributed by atoms with Gasteiger partial charge >= 0.3 is 0 Å². The van der Waals surface area contributed by atoms with Gasteiger partial charge in [-0.1, -0.05) is 46.0 Å². The number of likely N-dealkylation sites (N-methyl/N-ethyl adjacent to an activating group) is 1. The molecule has 0 spiro atoms. The zero-order chi connectivity index (χ0) is 12.7. The van der Waals surface area contributed by atoms with E-state index in [0.717, 1.165) is 12.5 Å². The van der Waals surface area contributed by atoms with Gasteiger partial charge in [0.2, 0.25) is 0 Å². The average molecular weight is 241 g/mol. The Morgan fingerprint density at radius 3 is 2.29 bits per heavy atom. The van der Waals surface area contributed by atoms with Crippen molar-refractivity contribution in [3.63, 3.8) is 0 Å². The Bertz CT molecular complexity index is 187. The van der Waals surface area contributed by atoms with Gasteiger partial charge in [0.15, 0.2) is 0 Å². The van der Waals surface area contributed by atoms with Crippen molar-refractivity contribution in [1.29, 1.82) is 0 Å². The Kier molecular flexibility index (Phi) is 7.14. The van der Waals surface area contributed by atoms with Crippen LogP contribution in [0.3, 0.4) is 0 Å².